The third kappa shape index (κ3) is 1.26. The zero-order valence-corrected chi connectivity index (χ0v) is 6.99. The zero-order valence-electron chi connectivity index (χ0n) is 6.99. The largest absolute Gasteiger partial charge is 0.481 e. The van der Waals surface area contributed by atoms with Crippen LogP contribution in [0, 0.1) is 5.92 Å². The van der Waals surface area contributed by atoms with Crippen molar-refractivity contribution in [2.24, 2.45) is 5.92 Å². The molecule has 70 valence electrons. The van der Waals surface area contributed by atoms with Crippen LogP contribution in [0.3, 0.4) is 0 Å². The highest BCUT2D eigenvalue weighted by molar-refractivity contribution is 5.89. The molecule has 13 heavy (non-hydrogen) atoms. The Bertz CT molecular complexity index is 298. The average Bonchev–Trinajstić information content (AvgIpc) is 2.56. The minimum atomic E-state index is -0.934. The topological polar surface area (TPSA) is 69.6 Å². The molecule has 0 aliphatic carbocycles. The summed E-state index contributed by atoms with van der Waals surface area (Å²) < 4.78 is 0. The Hall–Kier alpha value is -1.52. The monoisotopic (exact) mass is 182 g/mol. The second-order valence-electron chi connectivity index (χ2n) is 3.17. The van der Waals surface area contributed by atoms with Gasteiger partial charge >= 0.3 is 5.97 Å². The lowest BCUT2D eigenvalue weighted by Gasteiger charge is -2.10. The number of fused-ring (bicyclic) bond motifs is 1. The van der Waals surface area contributed by atoms with Crippen molar-refractivity contribution in [2.75, 3.05) is 13.1 Å². The highest BCUT2D eigenvalue weighted by atomic mass is 16.4. The lowest BCUT2D eigenvalue weighted by molar-refractivity contribution is -0.141. The molecule has 1 saturated heterocycles. The first kappa shape index (κ1) is 8.10. The molecule has 0 radical (unpaired) electrons. The summed E-state index contributed by atoms with van der Waals surface area (Å²) in [4.78, 5) is 23.5. The number of carbonyl (C=O) groups is 2. The van der Waals surface area contributed by atoms with Gasteiger partial charge in [-0.15, -0.1) is 0 Å². The smallest absolute Gasteiger partial charge is 0.304 e. The molecule has 2 heterocycles. The Morgan fingerprint density at radius 1 is 1.77 bits per heavy atom. The minimum Gasteiger partial charge on any atom is -0.481 e. The Kier molecular flexibility index (Phi) is 1.72. The fourth-order valence-corrected chi connectivity index (χ4v) is 1.69. The highest BCUT2D eigenvalue weighted by Crippen LogP contribution is 2.24. The van der Waals surface area contributed by atoms with Crippen molar-refractivity contribution in [3.63, 3.8) is 0 Å². The van der Waals surface area contributed by atoms with E-state index in [1.807, 2.05) is 0 Å². The standard InChI is InChI=1S/C8H10N2O3/c11-7(12)4-5-3-6-9-1-2-10(6)8(5)13/h3,5,9H,1-2,4H2,(H,11,12). The third-order valence-corrected chi connectivity index (χ3v) is 2.27. The molecular formula is C8H10N2O3. The van der Waals surface area contributed by atoms with Crippen LogP contribution in [0.15, 0.2) is 11.9 Å². The number of nitrogens with one attached hydrogen (secondary N) is 1. The van der Waals surface area contributed by atoms with Gasteiger partial charge in [0.1, 0.15) is 5.82 Å². The van der Waals surface area contributed by atoms with Crippen molar-refractivity contribution >= 4 is 11.9 Å². The molecule has 2 rings (SSSR count). The molecule has 0 aromatic heterocycles. The van der Waals surface area contributed by atoms with E-state index >= 15 is 0 Å². The van der Waals surface area contributed by atoms with Crippen LogP contribution in [-0.4, -0.2) is 35.0 Å². The molecule has 5 heteroatoms. The summed E-state index contributed by atoms with van der Waals surface area (Å²) >= 11 is 0. The minimum absolute atomic E-state index is 0.0950. The van der Waals surface area contributed by atoms with Gasteiger partial charge in [0.25, 0.3) is 0 Å². The van der Waals surface area contributed by atoms with Gasteiger partial charge in [-0.3, -0.25) is 14.5 Å². The number of rotatable bonds is 2. The SMILES string of the molecule is O=C(O)CC1C=C2NCCN2C1=O. The number of carbonyl (C=O) groups excluding carboxylic acids is 1. The fraction of sp³-hybridized carbons (Fsp3) is 0.500. The van der Waals surface area contributed by atoms with Gasteiger partial charge in [0.05, 0.1) is 12.3 Å². The molecule has 2 aliphatic heterocycles. The van der Waals surface area contributed by atoms with Gasteiger partial charge < -0.3 is 10.4 Å². The van der Waals surface area contributed by atoms with Gasteiger partial charge in [0.15, 0.2) is 0 Å². The van der Waals surface area contributed by atoms with Crippen LogP contribution in [0.2, 0.25) is 0 Å². The van der Waals surface area contributed by atoms with E-state index in [0.717, 1.165) is 12.4 Å². The molecule has 0 bridgehead atoms. The Morgan fingerprint density at radius 2 is 2.54 bits per heavy atom. The number of carboxylic acids is 1. The first-order valence-corrected chi connectivity index (χ1v) is 4.17. The van der Waals surface area contributed by atoms with Crippen molar-refractivity contribution in [3.05, 3.63) is 11.9 Å². The van der Waals surface area contributed by atoms with Crippen LogP contribution in [0.25, 0.3) is 0 Å². The van der Waals surface area contributed by atoms with E-state index in [4.69, 9.17) is 5.11 Å². The van der Waals surface area contributed by atoms with Crippen LogP contribution in [0.5, 0.6) is 0 Å². The van der Waals surface area contributed by atoms with E-state index in [1.165, 1.54) is 0 Å². The summed E-state index contributed by atoms with van der Waals surface area (Å²) in [6, 6.07) is 0. The van der Waals surface area contributed by atoms with E-state index in [0.29, 0.717) is 6.54 Å². The van der Waals surface area contributed by atoms with Crippen molar-refractivity contribution in [1.82, 2.24) is 10.2 Å². The van der Waals surface area contributed by atoms with Crippen LogP contribution < -0.4 is 5.32 Å². The molecule has 5 nitrogen and oxygen atoms in total. The molecule has 0 aromatic rings. The normalized spacial score (nSPS) is 25.5. The van der Waals surface area contributed by atoms with E-state index < -0.39 is 11.9 Å². The molecule has 1 amide bonds. The second kappa shape index (κ2) is 2.76. The highest BCUT2D eigenvalue weighted by Gasteiger charge is 2.36. The van der Waals surface area contributed by atoms with Gasteiger partial charge in [-0.1, -0.05) is 0 Å². The van der Waals surface area contributed by atoms with Gasteiger partial charge in [-0.2, -0.15) is 0 Å². The quantitative estimate of drug-likeness (QED) is 0.596. The zero-order chi connectivity index (χ0) is 9.42. The molecule has 2 aliphatic rings. The molecule has 0 aromatic carbocycles. The van der Waals surface area contributed by atoms with Crippen LogP contribution in [0.1, 0.15) is 6.42 Å². The van der Waals surface area contributed by atoms with Crippen molar-refractivity contribution in [3.8, 4) is 0 Å². The van der Waals surface area contributed by atoms with Crippen LogP contribution in [-0.2, 0) is 9.59 Å². The maximum absolute atomic E-state index is 11.5. The summed E-state index contributed by atoms with van der Waals surface area (Å²) in [7, 11) is 0. The van der Waals surface area contributed by atoms with Gasteiger partial charge in [-0.05, 0) is 6.08 Å². The van der Waals surface area contributed by atoms with E-state index in [1.54, 1.807) is 11.0 Å². The lowest BCUT2D eigenvalue weighted by atomic mass is 10.1. The first-order chi connectivity index (χ1) is 6.18. The van der Waals surface area contributed by atoms with Crippen molar-refractivity contribution in [1.29, 1.82) is 0 Å². The predicted molar refractivity (Wildman–Crippen MR) is 43.5 cm³/mol. The molecule has 1 atom stereocenters. The number of hydrogen-bond donors (Lipinski definition) is 2. The molecule has 1 fully saturated rings. The lowest BCUT2D eigenvalue weighted by Crippen LogP contribution is -2.27. The second-order valence-corrected chi connectivity index (χ2v) is 3.17. The number of amides is 1. The molecule has 1 unspecified atom stereocenters. The average molecular weight is 182 g/mol. The number of carboxylic acid groups (broad SMARTS) is 1. The summed E-state index contributed by atoms with van der Waals surface area (Å²) in [5.41, 5.74) is 0. The molecule has 0 saturated carbocycles. The summed E-state index contributed by atoms with van der Waals surface area (Å²) in [5.74, 6) is -0.727. The third-order valence-electron chi connectivity index (χ3n) is 2.27. The molecule has 2 N–H and O–H groups in total. The van der Waals surface area contributed by atoms with Gasteiger partial charge in [0.2, 0.25) is 5.91 Å². The molecular weight excluding hydrogens is 172 g/mol. The molecule has 0 spiro atoms. The maximum atomic E-state index is 11.5. The van der Waals surface area contributed by atoms with E-state index in [2.05, 4.69) is 5.32 Å². The first-order valence-electron chi connectivity index (χ1n) is 4.17. The number of aliphatic carboxylic acids is 1. The van der Waals surface area contributed by atoms with Crippen LogP contribution >= 0.6 is 0 Å². The summed E-state index contributed by atoms with van der Waals surface area (Å²) in [6.45, 7) is 1.41. The summed E-state index contributed by atoms with van der Waals surface area (Å²) in [5, 5.41) is 11.6. The van der Waals surface area contributed by atoms with E-state index in [9.17, 15) is 9.59 Å². The fourth-order valence-electron chi connectivity index (χ4n) is 1.69. The van der Waals surface area contributed by atoms with E-state index in [-0.39, 0.29) is 12.3 Å². The number of nitrogens with zero attached hydrogens (tertiary/aromatic N) is 1. The van der Waals surface area contributed by atoms with Gasteiger partial charge in [-0.25, -0.2) is 0 Å². The van der Waals surface area contributed by atoms with Gasteiger partial charge in [0, 0.05) is 13.1 Å². The Labute approximate surface area is 75.0 Å². The van der Waals surface area contributed by atoms with Crippen molar-refractivity contribution < 1.29 is 14.7 Å². The van der Waals surface area contributed by atoms with Crippen molar-refractivity contribution in [2.45, 2.75) is 6.42 Å². The maximum Gasteiger partial charge on any atom is 0.304 e. The Balaban J connectivity index is 2.12. The van der Waals surface area contributed by atoms with Crippen LogP contribution in [0.4, 0.5) is 0 Å². The summed E-state index contributed by atoms with van der Waals surface area (Å²) in [6.07, 6.45) is 1.59. The number of hydrogen-bond acceptors (Lipinski definition) is 3. The predicted octanol–water partition coefficient (Wildman–Crippen LogP) is -0.636. The Morgan fingerprint density at radius 3 is 3.15 bits per heavy atom.